The number of nitrogens with zero attached hydrogens (tertiary/aromatic N) is 1. The Morgan fingerprint density at radius 1 is 1.32 bits per heavy atom. The van der Waals surface area contributed by atoms with Crippen LogP contribution in [0.2, 0.25) is 5.02 Å². The number of rotatable bonds is 3. The summed E-state index contributed by atoms with van der Waals surface area (Å²) in [7, 11) is 1.55. The third kappa shape index (κ3) is 2.14. The fourth-order valence-corrected chi connectivity index (χ4v) is 2.63. The molecule has 2 N–H and O–H groups in total. The van der Waals surface area contributed by atoms with Crippen LogP contribution in [0, 0.1) is 11.3 Å². The van der Waals surface area contributed by atoms with Crippen LogP contribution in [0.15, 0.2) is 42.5 Å². The molecular formula is C16H12ClN3O2. The molecule has 0 aliphatic carbocycles. The number of methoxy groups -OCH3 is 1. The lowest BCUT2D eigenvalue weighted by molar-refractivity contribution is -0.118. The third-order valence-corrected chi connectivity index (χ3v) is 3.78. The van der Waals surface area contributed by atoms with Crippen LogP contribution in [0.25, 0.3) is 0 Å². The Labute approximate surface area is 132 Å². The van der Waals surface area contributed by atoms with E-state index in [0.717, 1.165) is 0 Å². The number of halogens is 1. The molecule has 1 aliphatic heterocycles. The quantitative estimate of drug-likeness (QED) is 0.913. The van der Waals surface area contributed by atoms with Gasteiger partial charge in [0.05, 0.1) is 7.11 Å². The van der Waals surface area contributed by atoms with Crippen molar-refractivity contribution in [3.63, 3.8) is 0 Å². The predicted octanol–water partition coefficient (Wildman–Crippen LogP) is 3.13. The summed E-state index contributed by atoms with van der Waals surface area (Å²) < 4.78 is 5.16. The lowest BCUT2D eigenvalue weighted by Crippen LogP contribution is -2.40. The Hall–Kier alpha value is -2.71. The number of carbonyl (C=O) groups is 1. The molecule has 5 nitrogen and oxygen atoms in total. The monoisotopic (exact) mass is 313 g/mol. The Morgan fingerprint density at radius 3 is 2.86 bits per heavy atom. The molecule has 0 spiro atoms. The number of anilines is 2. The molecule has 0 saturated heterocycles. The van der Waals surface area contributed by atoms with E-state index in [1.54, 1.807) is 49.6 Å². The van der Waals surface area contributed by atoms with E-state index in [-0.39, 0.29) is 0 Å². The maximum atomic E-state index is 12.4. The number of benzene rings is 2. The molecule has 1 unspecified atom stereocenters. The van der Waals surface area contributed by atoms with Crippen molar-refractivity contribution < 1.29 is 9.53 Å². The molecule has 1 atom stereocenters. The molecule has 1 aliphatic rings. The number of carbonyl (C=O) groups excluding carboxylic acids is 1. The maximum Gasteiger partial charge on any atom is 0.269 e. The Kier molecular flexibility index (Phi) is 3.39. The van der Waals surface area contributed by atoms with Crippen LogP contribution in [0.3, 0.4) is 0 Å². The highest BCUT2D eigenvalue weighted by atomic mass is 35.5. The van der Waals surface area contributed by atoms with Gasteiger partial charge in [-0.25, -0.2) is 0 Å². The minimum Gasteiger partial charge on any atom is -0.497 e. The molecule has 110 valence electrons. The van der Waals surface area contributed by atoms with Crippen LogP contribution in [0.5, 0.6) is 5.75 Å². The molecular weight excluding hydrogens is 302 g/mol. The highest BCUT2D eigenvalue weighted by molar-refractivity contribution is 6.31. The first-order valence-corrected chi connectivity index (χ1v) is 6.92. The Morgan fingerprint density at radius 2 is 2.14 bits per heavy atom. The normalized spacial score (nSPS) is 19.0. The molecule has 22 heavy (non-hydrogen) atoms. The fraction of sp³-hybridized carbons (Fsp3) is 0.125. The lowest BCUT2D eigenvalue weighted by Gasteiger charge is -2.22. The van der Waals surface area contributed by atoms with Crippen molar-refractivity contribution in [1.29, 1.82) is 5.26 Å². The van der Waals surface area contributed by atoms with Crippen molar-refractivity contribution in [1.82, 2.24) is 0 Å². The summed E-state index contributed by atoms with van der Waals surface area (Å²) in [5, 5.41) is 15.8. The van der Waals surface area contributed by atoms with E-state index in [1.165, 1.54) is 0 Å². The summed E-state index contributed by atoms with van der Waals surface area (Å²) in [5.41, 5.74) is 0.164. The average molecular weight is 314 g/mol. The topological polar surface area (TPSA) is 74.1 Å². The van der Waals surface area contributed by atoms with E-state index in [2.05, 4.69) is 16.7 Å². The van der Waals surface area contributed by atoms with Crippen molar-refractivity contribution in [3.8, 4) is 11.8 Å². The molecule has 2 aromatic carbocycles. The molecule has 1 heterocycles. The third-order valence-electron chi connectivity index (χ3n) is 3.54. The van der Waals surface area contributed by atoms with Gasteiger partial charge in [-0.2, -0.15) is 5.26 Å². The molecule has 6 heteroatoms. The van der Waals surface area contributed by atoms with Gasteiger partial charge in [0.15, 0.2) is 0 Å². The van der Waals surface area contributed by atoms with Gasteiger partial charge in [-0.05, 0) is 30.3 Å². The first-order valence-electron chi connectivity index (χ1n) is 6.54. The average Bonchev–Trinajstić information content (AvgIpc) is 2.80. The summed E-state index contributed by atoms with van der Waals surface area (Å²) in [6, 6.07) is 14.1. The zero-order valence-electron chi connectivity index (χ0n) is 11.7. The molecule has 3 rings (SSSR count). The second kappa shape index (κ2) is 5.24. The van der Waals surface area contributed by atoms with Crippen LogP contribution in [-0.2, 0) is 10.3 Å². The zero-order valence-corrected chi connectivity index (χ0v) is 12.4. The number of amides is 1. The van der Waals surface area contributed by atoms with Crippen molar-refractivity contribution >= 4 is 28.9 Å². The molecule has 0 bridgehead atoms. The smallest absolute Gasteiger partial charge is 0.269 e. The van der Waals surface area contributed by atoms with Crippen molar-refractivity contribution in [3.05, 3.63) is 53.1 Å². The summed E-state index contributed by atoms with van der Waals surface area (Å²) in [6.07, 6.45) is 0. The summed E-state index contributed by atoms with van der Waals surface area (Å²) >= 11 is 6.01. The number of hydrogen-bond acceptors (Lipinski definition) is 4. The zero-order chi connectivity index (χ0) is 15.7. The van der Waals surface area contributed by atoms with E-state index < -0.39 is 11.4 Å². The molecule has 0 radical (unpaired) electrons. The lowest BCUT2D eigenvalue weighted by atomic mass is 9.92. The number of nitriles is 1. The van der Waals surface area contributed by atoms with Gasteiger partial charge in [0.1, 0.15) is 11.8 Å². The minimum atomic E-state index is -1.52. The first kappa shape index (κ1) is 14.2. The summed E-state index contributed by atoms with van der Waals surface area (Å²) in [6.45, 7) is 0. The molecule has 0 saturated carbocycles. The maximum absolute atomic E-state index is 12.4. The van der Waals surface area contributed by atoms with Gasteiger partial charge >= 0.3 is 0 Å². The van der Waals surface area contributed by atoms with Gasteiger partial charge in [-0.15, -0.1) is 0 Å². The molecule has 0 fully saturated rings. The van der Waals surface area contributed by atoms with Gasteiger partial charge in [0, 0.05) is 28.0 Å². The number of nitrogens with one attached hydrogen (secondary N) is 2. The van der Waals surface area contributed by atoms with Gasteiger partial charge in [0.2, 0.25) is 5.54 Å². The predicted molar refractivity (Wildman–Crippen MR) is 84.0 cm³/mol. The van der Waals surface area contributed by atoms with Crippen molar-refractivity contribution in [2.75, 3.05) is 17.7 Å². The van der Waals surface area contributed by atoms with E-state index in [9.17, 15) is 10.1 Å². The molecule has 2 aromatic rings. The van der Waals surface area contributed by atoms with E-state index >= 15 is 0 Å². The van der Waals surface area contributed by atoms with E-state index in [1.807, 2.05) is 0 Å². The highest BCUT2D eigenvalue weighted by Gasteiger charge is 2.48. The van der Waals surface area contributed by atoms with Gasteiger partial charge in [-0.1, -0.05) is 17.7 Å². The van der Waals surface area contributed by atoms with Crippen molar-refractivity contribution in [2.45, 2.75) is 5.54 Å². The largest absolute Gasteiger partial charge is 0.497 e. The molecule has 0 aromatic heterocycles. The second-order valence-electron chi connectivity index (χ2n) is 4.86. The van der Waals surface area contributed by atoms with Crippen LogP contribution in [0.4, 0.5) is 11.4 Å². The highest BCUT2D eigenvalue weighted by Crippen LogP contribution is 2.39. The van der Waals surface area contributed by atoms with Gasteiger partial charge < -0.3 is 15.4 Å². The van der Waals surface area contributed by atoms with E-state index in [0.29, 0.717) is 27.7 Å². The van der Waals surface area contributed by atoms with Gasteiger partial charge in [-0.3, -0.25) is 4.79 Å². The van der Waals surface area contributed by atoms with Crippen molar-refractivity contribution in [2.24, 2.45) is 0 Å². The number of fused-ring (bicyclic) bond motifs is 1. The van der Waals surface area contributed by atoms with Crippen LogP contribution < -0.4 is 15.4 Å². The Bertz CT molecular complexity index is 800. The summed E-state index contributed by atoms with van der Waals surface area (Å²) in [5.74, 6) is 0.192. The fourth-order valence-electron chi connectivity index (χ4n) is 2.45. The first-order chi connectivity index (χ1) is 10.6. The second-order valence-corrected chi connectivity index (χ2v) is 5.30. The van der Waals surface area contributed by atoms with Crippen LogP contribution in [-0.4, -0.2) is 13.0 Å². The SMILES string of the molecule is COc1cccc(NC2(C#N)C(=O)Nc3ccc(Cl)cc32)c1. The number of hydrogen-bond donors (Lipinski definition) is 2. The number of ether oxygens (including phenoxy) is 1. The van der Waals surface area contributed by atoms with Crippen LogP contribution >= 0.6 is 11.6 Å². The van der Waals surface area contributed by atoms with Crippen LogP contribution in [0.1, 0.15) is 5.56 Å². The standard InChI is InChI=1S/C16H12ClN3O2/c1-22-12-4-2-3-11(8-12)20-16(9-18)13-7-10(17)5-6-14(13)19-15(16)21/h2-8,20H,1H3,(H,19,21). The van der Waals surface area contributed by atoms with E-state index in [4.69, 9.17) is 16.3 Å². The van der Waals surface area contributed by atoms with Gasteiger partial charge in [0.25, 0.3) is 5.91 Å². The Balaban J connectivity index is 2.08. The molecule has 1 amide bonds. The minimum absolute atomic E-state index is 0.435. The summed E-state index contributed by atoms with van der Waals surface area (Å²) in [4.78, 5) is 12.4.